The fourth-order valence-corrected chi connectivity index (χ4v) is 5.87. The number of aliphatic imine (C=N–C) groups is 1. The van der Waals surface area contributed by atoms with Crippen molar-refractivity contribution >= 4 is 50.7 Å². The number of hydrazone groups is 1. The number of amides is 1. The number of para-hydroxylation sites is 2. The third-order valence-corrected chi connectivity index (χ3v) is 7.91. The van der Waals surface area contributed by atoms with E-state index in [4.69, 9.17) is 10.1 Å². The van der Waals surface area contributed by atoms with E-state index in [1.54, 1.807) is 6.08 Å². The maximum absolute atomic E-state index is 13.1. The molecule has 0 bridgehead atoms. The molecule has 0 radical (unpaired) electrons. The molecule has 0 unspecified atom stereocenters. The molecule has 0 fully saturated rings. The maximum atomic E-state index is 13.1. The maximum Gasteiger partial charge on any atom is 0.283 e. The lowest BCUT2D eigenvalue weighted by Gasteiger charge is -2.20. The number of rotatable bonds is 8. The van der Waals surface area contributed by atoms with Crippen LogP contribution in [0, 0.1) is 12.3 Å². The van der Waals surface area contributed by atoms with Gasteiger partial charge in [-0.3, -0.25) is 10.2 Å². The molecule has 2 aliphatic heterocycles. The van der Waals surface area contributed by atoms with Gasteiger partial charge in [-0.15, -0.1) is 6.58 Å². The number of amidine groups is 2. The first-order chi connectivity index (χ1) is 19.5. The molecule has 3 heterocycles. The van der Waals surface area contributed by atoms with Gasteiger partial charge in [-0.05, 0) is 48.9 Å². The SMILES string of the molecule is C=CCc1ccccc1OCCn1c(C)c(/C=C2/C(=N)N3N=C(c4ccccc4)SC3=NC2=O)c2ccccc21. The van der Waals surface area contributed by atoms with Crippen molar-refractivity contribution in [2.45, 2.75) is 19.9 Å². The summed E-state index contributed by atoms with van der Waals surface area (Å²) >= 11 is 1.30. The van der Waals surface area contributed by atoms with E-state index in [-0.39, 0.29) is 11.4 Å². The number of fused-ring (bicyclic) bond motifs is 2. The standard InChI is InChI=1S/C32H27N5O2S/c1-3-11-22-12-7-10-17-28(22)39-19-18-36-21(2)25(24-15-8-9-16-27(24)36)20-26-29(33)37-32(34-30(26)38)40-31(35-37)23-13-5-4-6-14-23/h3-10,12-17,20,33H,1,11,18-19H2,2H3/b26-20-,33-29?. The Balaban J connectivity index is 1.30. The van der Waals surface area contributed by atoms with Crippen LogP contribution in [0.1, 0.15) is 22.4 Å². The molecule has 40 heavy (non-hydrogen) atoms. The van der Waals surface area contributed by atoms with E-state index in [0.717, 1.165) is 45.5 Å². The van der Waals surface area contributed by atoms with Crippen LogP contribution < -0.4 is 4.74 Å². The Morgan fingerprint density at radius 3 is 2.60 bits per heavy atom. The molecule has 198 valence electrons. The largest absolute Gasteiger partial charge is 0.491 e. The summed E-state index contributed by atoms with van der Waals surface area (Å²) in [5, 5.41) is 17.0. The summed E-state index contributed by atoms with van der Waals surface area (Å²) in [5.74, 6) is 0.436. The molecule has 2 aliphatic rings. The van der Waals surface area contributed by atoms with E-state index < -0.39 is 5.91 Å². The molecule has 1 aromatic heterocycles. The second-order valence-electron chi connectivity index (χ2n) is 9.41. The van der Waals surface area contributed by atoms with E-state index in [0.29, 0.717) is 23.4 Å². The molecule has 1 amide bonds. The second kappa shape index (κ2) is 10.8. The Hall–Kier alpha value is -4.69. The van der Waals surface area contributed by atoms with Crippen LogP contribution in [0.4, 0.5) is 0 Å². The number of hydrogen-bond donors (Lipinski definition) is 1. The summed E-state index contributed by atoms with van der Waals surface area (Å²) in [7, 11) is 0. The number of allylic oxidation sites excluding steroid dienone is 1. The minimum Gasteiger partial charge on any atom is -0.491 e. The number of ether oxygens (including phenoxy) is 1. The Morgan fingerprint density at radius 2 is 1.77 bits per heavy atom. The lowest BCUT2D eigenvalue weighted by molar-refractivity contribution is -0.114. The van der Waals surface area contributed by atoms with Gasteiger partial charge in [0.1, 0.15) is 17.4 Å². The molecule has 4 aromatic rings. The molecule has 0 saturated carbocycles. The van der Waals surface area contributed by atoms with Crippen molar-refractivity contribution in [1.82, 2.24) is 9.58 Å². The monoisotopic (exact) mass is 545 g/mol. The first-order valence-electron chi connectivity index (χ1n) is 13.0. The number of carbonyl (C=O) groups excluding carboxylic acids is 1. The van der Waals surface area contributed by atoms with Gasteiger partial charge in [-0.2, -0.15) is 15.1 Å². The lowest BCUT2D eigenvalue weighted by atomic mass is 10.1. The Bertz CT molecular complexity index is 1750. The molecule has 7 nitrogen and oxygen atoms in total. The highest BCUT2D eigenvalue weighted by molar-refractivity contribution is 8.27. The number of thioether (sulfide) groups is 1. The van der Waals surface area contributed by atoms with Crippen LogP contribution in [0.25, 0.3) is 17.0 Å². The van der Waals surface area contributed by atoms with Gasteiger partial charge in [0.2, 0.25) is 5.17 Å². The molecule has 0 spiro atoms. The van der Waals surface area contributed by atoms with E-state index in [2.05, 4.69) is 27.3 Å². The van der Waals surface area contributed by atoms with E-state index in [1.807, 2.05) is 85.8 Å². The Labute approximate surface area is 236 Å². The summed E-state index contributed by atoms with van der Waals surface area (Å²) in [4.78, 5) is 17.4. The third-order valence-electron chi connectivity index (χ3n) is 6.95. The Morgan fingerprint density at radius 1 is 1.02 bits per heavy atom. The van der Waals surface area contributed by atoms with Gasteiger partial charge in [0.15, 0.2) is 5.84 Å². The van der Waals surface area contributed by atoms with Crippen molar-refractivity contribution in [3.05, 3.63) is 119 Å². The zero-order valence-electron chi connectivity index (χ0n) is 22.0. The lowest BCUT2D eigenvalue weighted by Crippen LogP contribution is -2.35. The predicted octanol–water partition coefficient (Wildman–Crippen LogP) is 6.42. The van der Waals surface area contributed by atoms with Gasteiger partial charge in [-0.1, -0.05) is 72.8 Å². The van der Waals surface area contributed by atoms with Crippen molar-refractivity contribution in [3.63, 3.8) is 0 Å². The zero-order chi connectivity index (χ0) is 27.6. The summed E-state index contributed by atoms with van der Waals surface area (Å²) in [6.45, 7) is 6.98. The normalized spacial score (nSPS) is 15.8. The molecule has 0 aliphatic carbocycles. The van der Waals surface area contributed by atoms with E-state index >= 15 is 0 Å². The van der Waals surface area contributed by atoms with Gasteiger partial charge in [0, 0.05) is 27.7 Å². The zero-order valence-corrected chi connectivity index (χ0v) is 22.8. The van der Waals surface area contributed by atoms with Crippen LogP contribution in [0.5, 0.6) is 5.75 Å². The van der Waals surface area contributed by atoms with Crippen molar-refractivity contribution in [2.24, 2.45) is 10.1 Å². The average molecular weight is 546 g/mol. The van der Waals surface area contributed by atoms with Gasteiger partial charge in [0.25, 0.3) is 5.91 Å². The molecular weight excluding hydrogens is 518 g/mol. The van der Waals surface area contributed by atoms with Crippen LogP contribution in [-0.4, -0.2) is 38.1 Å². The van der Waals surface area contributed by atoms with Crippen molar-refractivity contribution in [2.75, 3.05) is 6.61 Å². The molecule has 8 heteroatoms. The third kappa shape index (κ3) is 4.67. The fourth-order valence-electron chi connectivity index (χ4n) is 4.98. The summed E-state index contributed by atoms with van der Waals surface area (Å²) < 4.78 is 8.37. The van der Waals surface area contributed by atoms with Crippen LogP contribution in [0.15, 0.2) is 107 Å². The highest BCUT2D eigenvalue weighted by Gasteiger charge is 2.36. The second-order valence-corrected chi connectivity index (χ2v) is 10.4. The molecular formula is C32H27N5O2S. The number of carbonyl (C=O) groups is 1. The average Bonchev–Trinajstić information content (AvgIpc) is 3.52. The number of nitrogens with one attached hydrogen (secondary N) is 1. The molecule has 0 saturated heterocycles. The van der Waals surface area contributed by atoms with Crippen molar-refractivity contribution < 1.29 is 9.53 Å². The number of benzene rings is 3. The van der Waals surface area contributed by atoms with Crippen LogP contribution in [0.2, 0.25) is 0 Å². The first-order valence-corrected chi connectivity index (χ1v) is 13.8. The minimum atomic E-state index is -0.438. The number of nitrogens with zero attached hydrogens (tertiary/aromatic N) is 4. The van der Waals surface area contributed by atoms with Crippen LogP contribution >= 0.6 is 11.8 Å². The first kappa shape index (κ1) is 25.6. The Kier molecular flexibility index (Phi) is 6.92. The van der Waals surface area contributed by atoms with Gasteiger partial charge in [0.05, 0.1) is 12.1 Å². The highest BCUT2D eigenvalue weighted by Crippen LogP contribution is 2.33. The summed E-state index contributed by atoms with van der Waals surface area (Å²) in [6, 6.07) is 25.8. The fraction of sp³-hybridized carbons (Fsp3) is 0.125. The highest BCUT2D eigenvalue weighted by atomic mass is 32.2. The van der Waals surface area contributed by atoms with Crippen molar-refractivity contribution in [3.8, 4) is 5.75 Å². The van der Waals surface area contributed by atoms with Gasteiger partial charge < -0.3 is 9.30 Å². The quantitative estimate of drug-likeness (QED) is 0.204. The number of hydrogen-bond acceptors (Lipinski definition) is 5. The molecule has 0 atom stereocenters. The van der Waals surface area contributed by atoms with Gasteiger partial charge in [-0.25, -0.2) is 0 Å². The molecule has 6 rings (SSSR count). The van der Waals surface area contributed by atoms with E-state index in [9.17, 15) is 4.79 Å². The molecule has 3 aromatic carbocycles. The van der Waals surface area contributed by atoms with Gasteiger partial charge >= 0.3 is 0 Å². The van der Waals surface area contributed by atoms with Crippen LogP contribution in [-0.2, 0) is 17.8 Å². The minimum absolute atomic E-state index is 0.0202. The predicted molar refractivity (Wildman–Crippen MR) is 163 cm³/mol. The molecule has 1 N–H and O–H groups in total. The smallest absolute Gasteiger partial charge is 0.283 e. The topological polar surface area (TPSA) is 83.0 Å². The van der Waals surface area contributed by atoms with Crippen molar-refractivity contribution in [1.29, 1.82) is 5.41 Å². The summed E-state index contributed by atoms with van der Waals surface area (Å²) in [5.41, 5.74) is 5.14. The summed E-state index contributed by atoms with van der Waals surface area (Å²) in [6.07, 6.45) is 4.40. The number of aromatic nitrogens is 1. The van der Waals surface area contributed by atoms with Crippen LogP contribution in [0.3, 0.4) is 0 Å². The van der Waals surface area contributed by atoms with E-state index in [1.165, 1.54) is 16.8 Å².